The molecule has 1 aliphatic rings. The summed E-state index contributed by atoms with van der Waals surface area (Å²) in [6.07, 6.45) is 21.5. The molecule has 1 saturated carbocycles. The first-order valence-corrected chi connectivity index (χ1v) is 13.6. The van der Waals surface area contributed by atoms with Crippen LogP contribution in [0.3, 0.4) is 0 Å². The molecule has 0 heterocycles. The molecule has 32 heavy (non-hydrogen) atoms. The molecule has 2 unspecified atom stereocenters. The lowest BCUT2D eigenvalue weighted by molar-refractivity contribution is -0.920. The van der Waals surface area contributed by atoms with E-state index < -0.39 is 0 Å². The first-order valence-electron chi connectivity index (χ1n) is 13.6. The van der Waals surface area contributed by atoms with Crippen molar-refractivity contribution in [3.8, 4) is 0 Å². The molecule has 2 atom stereocenters. The average molecular weight is 466 g/mol. The van der Waals surface area contributed by atoms with Crippen LogP contribution in [-0.2, 0) is 0 Å². The van der Waals surface area contributed by atoms with E-state index in [9.17, 15) is 5.11 Å². The Morgan fingerprint density at radius 1 is 0.812 bits per heavy atom. The van der Waals surface area contributed by atoms with Crippen molar-refractivity contribution >= 4 is 0 Å². The molecule has 2 rings (SSSR count). The van der Waals surface area contributed by atoms with Gasteiger partial charge in [0.15, 0.2) is 0 Å². The second-order valence-electron chi connectivity index (χ2n) is 10.8. The van der Waals surface area contributed by atoms with Gasteiger partial charge in [-0.15, -0.1) is 0 Å². The van der Waals surface area contributed by atoms with Crippen molar-refractivity contribution in [2.75, 3.05) is 20.6 Å². The van der Waals surface area contributed by atoms with Gasteiger partial charge in [0.2, 0.25) is 0 Å². The lowest BCUT2D eigenvalue weighted by Crippen LogP contribution is -3.00. The molecule has 0 bridgehead atoms. The molecule has 1 aliphatic carbocycles. The van der Waals surface area contributed by atoms with Crippen LogP contribution in [0.15, 0.2) is 30.3 Å². The summed E-state index contributed by atoms with van der Waals surface area (Å²) in [5, 5.41) is 11.4. The summed E-state index contributed by atoms with van der Waals surface area (Å²) in [6, 6.07) is 10.7. The van der Waals surface area contributed by atoms with Gasteiger partial charge in [0, 0.05) is 6.42 Å². The molecule has 1 aromatic carbocycles. The van der Waals surface area contributed by atoms with Crippen molar-refractivity contribution in [3.05, 3.63) is 35.9 Å². The lowest BCUT2D eigenvalue weighted by atomic mass is 9.81. The third kappa shape index (κ3) is 11.0. The average Bonchev–Trinajstić information content (AvgIpc) is 2.79. The van der Waals surface area contributed by atoms with E-state index in [0.717, 1.165) is 16.0 Å². The minimum atomic E-state index is -0.360. The summed E-state index contributed by atoms with van der Waals surface area (Å²) in [4.78, 5) is 0. The number of aliphatic hydroxyl groups is 1. The highest BCUT2D eigenvalue weighted by atomic mass is 35.5. The Kier molecular flexibility index (Phi) is 15.6. The highest BCUT2D eigenvalue weighted by Crippen LogP contribution is 2.35. The second-order valence-corrected chi connectivity index (χ2v) is 10.8. The minimum absolute atomic E-state index is 0. The van der Waals surface area contributed by atoms with Gasteiger partial charge < -0.3 is 22.0 Å². The van der Waals surface area contributed by atoms with Gasteiger partial charge in [-0.25, -0.2) is 0 Å². The van der Waals surface area contributed by atoms with E-state index in [1.165, 1.54) is 109 Å². The van der Waals surface area contributed by atoms with Crippen molar-refractivity contribution in [1.82, 2.24) is 0 Å². The van der Waals surface area contributed by atoms with E-state index in [0.29, 0.717) is 6.04 Å². The fourth-order valence-electron chi connectivity index (χ4n) is 5.61. The number of halogens is 1. The summed E-state index contributed by atoms with van der Waals surface area (Å²) < 4.78 is 0.948. The van der Waals surface area contributed by atoms with Gasteiger partial charge in [0.1, 0.15) is 12.1 Å². The van der Waals surface area contributed by atoms with Crippen LogP contribution in [0.4, 0.5) is 0 Å². The summed E-state index contributed by atoms with van der Waals surface area (Å²) in [5.41, 5.74) is 1.09. The molecule has 0 saturated heterocycles. The SMILES string of the molecule is CCCCCCCCCCCC[N+](C)(C)C(CC1CCCCC1)C(O)c1ccccc1.[Cl-]. The Bertz CT molecular complexity index is 556. The van der Waals surface area contributed by atoms with Crippen LogP contribution in [-0.4, -0.2) is 36.3 Å². The lowest BCUT2D eigenvalue weighted by Gasteiger charge is -2.43. The smallest absolute Gasteiger partial charge is 0.131 e. The third-order valence-corrected chi connectivity index (χ3v) is 7.79. The predicted octanol–water partition coefficient (Wildman–Crippen LogP) is 5.06. The minimum Gasteiger partial charge on any atom is -1.00 e. The van der Waals surface area contributed by atoms with Gasteiger partial charge in [-0.1, -0.05) is 121 Å². The summed E-state index contributed by atoms with van der Waals surface area (Å²) in [7, 11) is 4.74. The molecule has 0 aliphatic heterocycles. The van der Waals surface area contributed by atoms with Crippen LogP contribution in [0.25, 0.3) is 0 Å². The Morgan fingerprint density at radius 3 is 1.91 bits per heavy atom. The van der Waals surface area contributed by atoms with Gasteiger partial charge in [-0.05, 0) is 24.3 Å². The fourth-order valence-corrected chi connectivity index (χ4v) is 5.61. The number of rotatable bonds is 16. The number of nitrogens with zero attached hydrogens (tertiary/aromatic N) is 1. The number of quaternary nitrogens is 1. The Labute approximate surface area is 206 Å². The maximum absolute atomic E-state index is 11.4. The van der Waals surface area contributed by atoms with Gasteiger partial charge in [-0.3, -0.25) is 0 Å². The summed E-state index contributed by atoms with van der Waals surface area (Å²) in [6.45, 7) is 3.47. The molecular formula is C29H52ClNO. The standard InChI is InChI=1S/C29H52NO.ClH/c1-4-5-6-7-8-9-10-11-12-19-24-30(2,3)28(25-26-20-15-13-16-21-26)29(31)27-22-17-14-18-23-27;/h14,17-18,22-23,26,28-29,31H,4-13,15-16,19-21,24-25H2,1-3H3;1H/q+1;/p-1. The normalized spacial score (nSPS) is 17.0. The molecule has 0 spiro atoms. The molecule has 1 aromatic rings. The van der Waals surface area contributed by atoms with Crippen LogP contribution in [0.1, 0.15) is 121 Å². The van der Waals surface area contributed by atoms with Crippen LogP contribution < -0.4 is 12.4 Å². The summed E-state index contributed by atoms with van der Waals surface area (Å²) >= 11 is 0. The monoisotopic (exact) mass is 465 g/mol. The Hall–Kier alpha value is -0.570. The van der Waals surface area contributed by atoms with Crippen LogP contribution >= 0.6 is 0 Å². The van der Waals surface area contributed by atoms with Crippen LogP contribution in [0.2, 0.25) is 0 Å². The molecule has 2 nitrogen and oxygen atoms in total. The van der Waals surface area contributed by atoms with E-state index >= 15 is 0 Å². The number of unbranched alkanes of at least 4 members (excludes halogenated alkanes) is 9. The van der Waals surface area contributed by atoms with E-state index in [-0.39, 0.29) is 18.5 Å². The van der Waals surface area contributed by atoms with Gasteiger partial charge in [0.25, 0.3) is 0 Å². The summed E-state index contributed by atoms with van der Waals surface area (Å²) in [5.74, 6) is 0.794. The first kappa shape index (κ1) is 29.5. The Morgan fingerprint density at radius 2 is 1.34 bits per heavy atom. The van der Waals surface area contributed by atoms with Crippen molar-refractivity contribution in [3.63, 3.8) is 0 Å². The van der Waals surface area contributed by atoms with E-state index in [1.807, 2.05) is 0 Å². The highest BCUT2D eigenvalue weighted by molar-refractivity contribution is 5.18. The maximum Gasteiger partial charge on any atom is 0.131 e. The fraction of sp³-hybridized carbons (Fsp3) is 0.793. The first-order chi connectivity index (χ1) is 15.0. The molecule has 1 fully saturated rings. The zero-order valence-electron chi connectivity index (χ0n) is 21.4. The molecule has 1 N–H and O–H groups in total. The number of hydrogen-bond donors (Lipinski definition) is 1. The predicted molar refractivity (Wildman–Crippen MR) is 135 cm³/mol. The van der Waals surface area contributed by atoms with Gasteiger partial charge in [-0.2, -0.15) is 0 Å². The van der Waals surface area contributed by atoms with Gasteiger partial charge >= 0.3 is 0 Å². The van der Waals surface area contributed by atoms with Crippen LogP contribution in [0, 0.1) is 5.92 Å². The number of aliphatic hydroxyl groups excluding tert-OH is 1. The van der Waals surface area contributed by atoms with Crippen LogP contribution in [0.5, 0.6) is 0 Å². The zero-order chi connectivity index (χ0) is 22.4. The number of hydrogen-bond acceptors (Lipinski definition) is 1. The molecule has 186 valence electrons. The van der Waals surface area contributed by atoms with E-state index in [2.05, 4.69) is 51.4 Å². The maximum atomic E-state index is 11.4. The van der Waals surface area contributed by atoms with E-state index in [1.54, 1.807) is 0 Å². The largest absolute Gasteiger partial charge is 1.00 e. The number of likely N-dealkylation sites (N-methyl/N-ethyl adjacent to an activating group) is 1. The highest BCUT2D eigenvalue weighted by Gasteiger charge is 2.37. The molecular weight excluding hydrogens is 414 g/mol. The van der Waals surface area contributed by atoms with Gasteiger partial charge in [0.05, 0.1) is 20.6 Å². The topological polar surface area (TPSA) is 20.2 Å². The molecule has 3 heteroatoms. The third-order valence-electron chi connectivity index (χ3n) is 7.79. The van der Waals surface area contributed by atoms with E-state index in [4.69, 9.17) is 0 Å². The zero-order valence-corrected chi connectivity index (χ0v) is 22.2. The van der Waals surface area contributed by atoms with Crippen molar-refractivity contribution in [2.45, 2.75) is 122 Å². The molecule has 0 aromatic heterocycles. The molecule has 0 radical (unpaired) electrons. The Balaban J connectivity index is 0.00000512. The second kappa shape index (κ2) is 17.0. The van der Waals surface area contributed by atoms with Crippen molar-refractivity contribution in [2.24, 2.45) is 5.92 Å². The number of benzene rings is 1. The van der Waals surface area contributed by atoms with Crippen molar-refractivity contribution in [1.29, 1.82) is 0 Å². The molecule has 0 amide bonds. The van der Waals surface area contributed by atoms with Crippen molar-refractivity contribution < 1.29 is 22.0 Å². The quantitative estimate of drug-likeness (QED) is 0.267.